The van der Waals surface area contributed by atoms with Gasteiger partial charge < -0.3 is 10.1 Å². The van der Waals surface area contributed by atoms with Crippen molar-refractivity contribution in [1.82, 2.24) is 29.8 Å². The molecule has 1 amide bonds. The van der Waals surface area contributed by atoms with Crippen LogP contribution in [0.4, 0.5) is 0 Å². The predicted octanol–water partition coefficient (Wildman–Crippen LogP) is 1.35. The summed E-state index contributed by atoms with van der Waals surface area (Å²) in [5, 5.41) is 12.0. The molecular weight excluding hydrogens is 332 g/mol. The van der Waals surface area contributed by atoms with E-state index in [1.807, 2.05) is 22.5 Å². The van der Waals surface area contributed by atoms with Crippen molar-refractivity contribution in [3.63, 3.8) is 0 Å². The molecule has 2 aromatic rings. The quantitative estimate of drug-likeness (QED) is 0.718. The Morgan fingerprint density at radius 1 is 1.31 bits per heavy atom. The van der Waals surface area contributed by atoms with Gasteiger partial charge >= 0.3 is 0 Å². The molecule has 0 aromatic carbocycles. The van der Waals surface area contributed by atoms with Crippen LogP contribution in [0.25, 0.3) is 11.0 Å². The summed E-state index contributed by atoms with van der Waals surface area (Å²) in [4.78, 5) is 14.5. The fourth-order valence-electron chi connectivity index (χ4n) is 3.39. The first-order valence-electron chi connectivity index (χ1n) is 9.53. The van der Waals surface area contributed by atoms with Crippen molar-refractivity contribution < 1.29 is 9.53 Å². The second kappa shape index (κ2) is 8.64. The summed E-state index contributed by atoms with van der Waals surface area (Å²) in [6, 6.07) is 0.290. The van der Waals surface area contributed by atoms with Crippen LogP contribution >= 0.6 is 0 Å². The van der Waals surface area contributed by atoms with Gasteiger partial charge in [0.15, 0.2) is 0 Å². The second-order valence-corrected chi connectivity index (χ2v) is 7.13. The van der Waals surface area contributed by atoms with Crippen LogP contribution in [0.2, 0.25) is 0 Å². The molecule has 0 unspecified atom stereocenters. The molecule has 0 atom stereocenters. The first-order chi connectivity index (χ1) is 12.6. The molecule has 144 valence electrons. The van der Waals surface area contributed by atoms with Gasteiger partial charge in [0.25, 0.3) is 0 Å². The molecule has 3 rings (SSSR count). The summed E-state index contributed by atoms with van der Waals surface area (Å²) in [6.45, 7) is 12.1. The van der Waals surface area contributed by atoms with E-state index in [0.717, 1.165) is 62.5 Å². The third-order valence-corrected chi connectivity index (χ3v) is 4.78. The molecule has 3 heterocycles. The average molecular weight is 362 g/mol. The van der Waals surface area contributed by atoms with E-state index < -0.39 is 0 Å². The topological polar surface area (TPSA) is 77.2 Å². The zero-order chi connectivity index (χ0) is 18.5. The molecule has 26 heavy (non-hydrogen) atoms. The van der Waals surface area contributed by atoms with E-state index in [9.17, 15) is 4.79 Å². The van der Waals surface area contributed by atoms with Gasteiger partial charge in [-0.1, -0.05) is 0 Å². The lowest BCUT2D eigenvalue weighted by Gasteiger charge is -2.26. The summed E-state index contributed by atoms with van der Waals surface area (Å²) < 4.78 is 9.22. The minimum Gasteiger partial charge on any atom is -0.379 e. The Labute approximate surface area is 154 Å². The molecule has 2 aromatic heterocycles. The standard InChI is InChI=1S/C18H30N6O2/c1-14(2)24-16-13-20-23(18(16)15(3)21-24)8-5-17(25)19-6-4-7-22-9-11-26-12-10-22/h13-14H,4-12H2,1-3H3,(H,19,25). The molecule has 8 nitrogen and oxygen atoms in total. The molecule has 1 fully saturated rings. The highest BCUT2D eigenvalue weighted by Crippen LogP contribution is 2.21. The lowest BCUT2D eigenvalue weighted by molar-refractivity contribution is -0.121. The number of hydrogen-bond acceptors (Lipinski definition) is 5. The van der Waals surface area contributed by atoms with Crippen LogP contribution in [0, 0.1) is 6.92 Å². The van der Waals surface area contributed by atoms with Gasteiger partial charge in [-0.3, -0.25) is 19.1 Å². The van der Waals surface area contributed by atoms with E-state index in [1.165, 1.54) is 0 Å². The number of amides is 1. The van der Waals surface area contributed by atoms with E-state index in [1.54, 1.807) is 0 Å². The van der Waals surface area contributed by atoms with Gasteiger partial charge in [0, 0.05) is 32.1 Å². The molecule has 8 heteroatoms. The van der Waals surface area contributed by atoms with Crippen LogP contribution in [0.15, 0.2) is 6.20 Å². The summed E-state index contributed by atoms with van der Waals surface area (Å²) >= 11 is 0. The molecule has 0 saturated carbocycles. The Morgan fingerprint density at radius 3 is 2.81 bits per heavy atom. The number of nitrogens with one attached hydrogen (secondary N) is 1. The highest BCUT2D eigenvalue weighted by atomic mass is 16.5. The lowest BCUT2D eigenvalue weighted by atomic mass is 10.3. The Hall–Kier alpha value is -1.93. The maximum Gasteiger partial charge on any atom is 0.221 e. The van der Waals surface area contributed by atoms with Gasteiger partial charge in [-0.2, -0.15) is 10.2 Å². The molecule has 1 aliphatic rings. The van der Waals surface area contributed by atoms with Crippen LogP contribution in [-0.4, -0.2) is 69.8 Å². The minimum absolute atomic E-state index is 0.0736. The lowest BCUT2D eigenvalue weighted by Crippen LogP contribution is -2.38. The van der Waals surface area contributed by atoms with Crippen molar-refractivity contribution in [2.75, 3.05) is 39.4 Å². The normalized spacial score (nSPS) is 15.8. The maximum absolute atomic E-state index is 12.1. The van der Waals surface area contributed by atoms with Crippen molar-refractivity contribution in [2.24, 2.45) is 0 Å². The second-order valence-electron chi connectivity index (χ2n) is 7.13. The third kappa shape index (κ3) is 4.42. The fourth-order valence-corrected chi connectivity index (χ4v) is 3.39. The van der Waals surface area contributed by atoms with Gasteiger partial charge in [-0.15, -0.1) is 0 Å². The largest absolute Gasteiger partial charge is 0.379 e. The monoisotopic (exact) mass is 362 g/mol. The summed E-state index contributed by atoms with van der Waals surface area (Å²) in [5.74, 6) is 0.0736. The Bertz CT molecular complexity index is 729. The average Bonchev–Trinajstić information content (AvgIpc) is 3.19. The molecule has 0 aliphatic carbocycles. The molecule has 0 bridgehead atoms. The van der Waals surface area contributed by atoms with Crippen LogP contribution in [0.1, 0.15) is 38.4 Å². The Kier molecular flexibility index (Phi) is 6.26. The molecule has 1 saturated heterocycles. The van der Waals surface area contributed by atoms with E-state index in [0.29, 0.717) is 19.0 Å². The number of aromatic nitrogens is 4. The number of hydrogen-bond donors (Lipinski definition) is 1. The van der Waals surface area contributed by atoms with Crippen LogP contribution in [-0.2, 0) is 16.1 Å². The molecule has 1 N–H and O–H groups in total. The van der Waals surface area contributed by atoms with Crippen LogP contribution in [0.3, 0.4) is 0 Å². The van der Waals surface area contributed by atoms with Gasteiger partial charge in [0.1, 0.15) is 11.0 Å². The number of carbonyl (C=O) groups excluding carboxylic acids is 1. The molecule has 1 aliphatic heterocycles. The van der Waals surface area contributed by atoms with Gasteiger partial charge in [-0.05, 0) is 33.7 Å². The first kappa shape index (κ1) is 18.8. The van der Waals surface area contributed by atoms with Gasteiger partial charge in [-0.25, -0.2) is 0 Å². The number of aryl methyl sites for hydroxylation is 2. The number of morpholine rings is 1. The molecule has 0 radical (unpaired) electrons. The maximum atomic E-state index is 12.1. The van der Waals surface area contributed by atoms with Gasteiger partial charge in [0.2, 0.25) is 5.91 Å². The van der Waals surface area contributed by atoms with E-state index >= 15 is 0 Å². The van der Waals surface area contributed by atoms with Crippen molar-refractivity contribution in [2.45, 2.75) is 46.2 Å². The third-order valence-electron chi connectivity index (χ3n) is 4.78. The van der Waals surface area contributed by atoms with Crippen molar-refractivity contribution in [1.29, 1.82) is 0 Å². The van der Waals surface area contributed by atoms with E-state index in [2.05, 4.69) is 34.3 Å². The summed E-state index contributed by atoms with van der Waals surface area (Å²) in [6.07, 6.45) is 3.24. The highest BCUT2D eigenvalue weighted by molar-refractivity contribution is 5.78. The number of ether oxygens (including phenoxy) is 1. The van der Waals surface area contributed by atoms with Crippen molar-refractivity contribution in [3.8, 4) is 0 Å². The fraction of sp³-hybridized carbons (Fsp3) is 0.722. The predicted molar refractivity (Wildman–Crippen MR) is 100 cm³/mol. The number of rotatable bonds is 8. The van der Waals surface area contributed by atoms with Crippen molar-refractivity contribution >= 4 is 16.9 Å². The Morgan fingerprint density at radius 2 is 2.08 bits per heavy atom. The zero-order valence-corrected chi connectivity index (χ0v) is 16.1. The smallest absolute Gasteiger partial charge is 0.221 e. The number of fused-ring (bicyclic) bond motifs is 1. The first-order valence-corrected chi connectivity index (χ1v) is 9.53. The molecule has 0 spiro atoms. The van der Waals surface area contributed by atoms with Gasteiger partial charge in [0.05, 0.1) is 31.6 Å². The SMILES string of the molecule is Cc1nn(C(C)C)c2cnn(CCC(=O)NCCCN3CCOCC3)c12. The number of carbonyl (C=O) groups is 1. The highest BCUT2D eigenvalue weighted by Gasteiger charge is 2.15. The van der Waals surface area contributed by atoms with Crippen LogP contribution < -0.4 is 5.32 Å². The minimum atomic E-state index is 0.0736. The van der Waals surface area contributed by atoms with E-state index in [4.69, 9.17) is 4.74 Å². The molecular formula is C18H30N6O2. The Balaban J connectivity index is 1.43. The van der Waals surface area contributed by atoms with E-state index in [-0.39, 0.29) is 5.91 Å². The summed E-state index contributed by atoms with van der Waals surface area (Å²) in [5.41, 5.74) is 3.01. The zero-order valence-electron chi connectivity index (χ0n) is 16.1. The van der Waals surface area contributed by atoms with Crippen LogP contribution in [0.5, 0.6) is 0 Å². The number of nitrogens with zero attached hydrogens (tertiary/aromatic N) is 5. The van der Waals surface area contributed by atoms with Crippen molar-refractivity contribution in [3.05, 3.63) is 11.9 Å². The summed E-state index contributed by atoms with van der Waals surface area (Å²) in [7, 11) is 0.